The lowest BCUT2D eigenvalue weighted by Gasteiger charge is -2.27. The summed E-state index contributed by atoms with van der Waals surface area (Å²) < 4.78 is 0. The van der Waals surface area contributed by atoms with E-state index in [0.29, 0.717) is 12.1 Å². The van der Waals surface area contributed by atoms with E-state index in [9.17, 15) is 9.90 Å². The highest BCUT2D eigenvalue weighted by atomic mass is 16.3. The molecule has 0 aliphatic heterocycles. The van der Waals surface area contributed by atoms with Crippen LogP contribution in [0.3, 0.4) is 0 Å². The molecule has 1 aromatic rings. The minimum Gasteiger partial charge on any atom is -0.393 e. The van der Waals surface area contributed by atoms with Gasteiger partial charge in [-0.3, -0.25) is 4.79 Å². The number of nitrogens with one attached hydrogen (secondary N) is 1. The van der Waals surface area contributed by atoms with Crippen molar-refractivity contribution in [2.24, 2.45) is 5.92 Å². The minimum atomic E-state index is -0.256. The third-order valence-electron chi connectivity index (χ3n) is 3.88. The third-order valence-corrected chi connectivity index (χ3v) is 3.88. The van der Waals surface area contributed by atoms with Crippen LogP contribution in [0.4, 0.5) is 0 Å². The van der Waals surface area contributed by atoms with Crippen molar-refractivity contribution in [3.8, 4) is 0 Å². The van der Waals surface area contributed by atoms with E-state index in [4.69, 9.17) is 0 Å². The molecule has 19 heavy (non-hydrogen) atoms. The van der Waals surface area contributed by atoms with Crippen molar-refractivity contribution in [1.29, 1.82) is 0 Å². The van der Waals surface area contributed by atoms with Gasteiger partial charge in [0.1, 0.15) is 0 Å². The summed E-state index contributed by atoms with van der Waals surface area (Å²) in [5.74, 6) is 0.174. The van der Waals surface area contributed by atoms with Gasteiger partial charge in [-0.25, -0.2) is 0 Å². The van der Waals surface area contributed by atoms with Gasteiger partial charge in [0.15, 0.2) is 0 Å². The van der Waals surface area contributed by atoms with Crippen molar-refractivity contribution in [3.63, 3.8) is 0 Å². The Labute approximate surface area is 115 Å². The Bertz CT molecular complexity index is 436. The predicted octanol–water partition coefficient (Wildman–Crippen LogP) is 2.58. The summed E-state index contributed by atoms with van der Waals surface area (Å²) in [6.07, 6.45) is 3.87. The van der Waals surface area contributed by atoms with E-state index in [-0.39, 0.29) is 17.9 Å². The largest absolute Gasteiger partial charge is 0.393 e. The summed E-state index contributed by atoms with van der Waals surface area (Å²) >= 11 is 0. The Morgan fingerprint density at radius 2 is 1.84 bits per heavy atom. The molecular weight excluding hydrogens is 238 g/mol. The van der Waals surface area contributed by atoms with Gasteiger partial charge in [-0.2, -0.15) is 0 Å². The molecule has 2 N–H and O–H groups in total. The SMILES string of the molecule is Cc1cc(C)cc(C(=O)NCC2CCCCC2O)c1. The van der Waals surface area contributed by atoms with Crippen molar-refractivity contribution in [1.82, 2.24) is 5.32 Å². The standard InChI is InChI=1S/C16H23NO2/c1-11-7-12(2)9-14(8-11)16(19)17-10-13-5-3-4-6-15(13)18/h7-9,13,15,18H,3-6,10H2,1-2H3,(H,17,19). The number of aliphatic hydroxyl groups excluding tert-OH is 1. The molecule has 0 spiro atoms. The number of hydrogen-bond donors (Lipinski definition) is 2. The monoisotopic (exact) mass is 261 g/mol. The molecule has 2 atom stereocenters. The molecule has 2 unspecified atom stereocenters. The number of aliphatic hydroxyl groups is 1. The van der Waals surface area contributed by atoms with E-state index in [1.165, 1.54) is 0 Å². The molecule has 2 rings (SSSR count). The molecular formula is C16H23NO2. The Balaban J connectivity index is 1.93. The molecule has 1 aromatic carbocycles. The molecule has 1 fully saturated rings. The second kappa shape index (κ2) is 6.20. The average Bonchev–Trinajstić information content (AvgIpc) is 2.36. The summed E-state index contributed by atoms with van der Waals surface area (Å²) in [5.41, 5.74) is 2.91. The predicted molar refractivity (Wildman–Crippen MR) is 76.2 cm³/mol. The topological polar surface area (TPSA) is 49.3 Å². The first-order chi connectivity index (χ1) is 9.06. The molecule has 104 valence electrons. The van der Waals surface area contributed by atoms with Crippen LogP contribution in [0.5, 0.6) is 0 Å². The molecule has 0 heterocycles. The Morgan fingerprint density at radius 3 is 2.47 bits per heavy atom. The number of amides is 1. The van der Waals surface area contributed by atoms with Crippen LogP contribution in [-0.4, -0.2) is 23.7 Å². The lowest BCUT2D eigenvalue weighted by Crippen LogP contribution is -2.36. The van der Waals surface area contributed by atoms with Crippen LogP contribution >= 0.6 is 0 Å². The Kier molecular flexibility index (Phi) is 4.59. The fourth-order valence-corrected chi connectivity index (χ4v) is 2.86. The van der Waals surface area contributed by atoms with Crippen molar-refractivity contribution < 1.29 is 9.90 Å². The van der Waals surface area contributed by atoms with Crippen molar-refractivity contribution in [2.45, 2.75) is 45.6 Å². The molecule has 1 saturated carbocycles. The molecule has 0 radical (unpaired) electrons. The van der Waals surface area contributed by atoms with Crippen molar-refractivity contribution in [3.05, 3.63) is 34.9 Å². The third kappa shape index (κ3) is 3.80. The molecule has 3 heteroatoms. The van der Waals surface area contributed by atoms with Gasteiger partial charge >= 0.3 is 0 Å². The lowest BCUT2D eigenvalue weighted by atomic mass is 9.86. The molecule has 3 nitrogen and oxygen atoms in total. The van der Waals surface area contributed by atoms with Crippen LogP contribution in [0, 0.1) is 19.8 Å². The normalized spacial score (nSPS) is 23.1. The van der Waals surface area contributed by atoms with Crippen LogP contribution < -0.4 is 5.32 Å². The maximum Gasteiger partial charge on any atom is 0.251 e. The highest BCUT2D eigenvalue weighted by Gasteiger charge is 2.23. The first kappa shape index (κ1) is 14.1. The highest BCUT2D eigenvalue weighted by Crippen LogP contribution is 2.23. The fourth-order valence-electron chi connectivity index (χ4n) is 2.86. The van der Waals surface area contributed by atoms with Gasteiger partial charge in [-0.15, -0.1) is 0 Å². The van der Waals surface area contributed by atoms with Gasteiger partial charge in [0.2, 0.25) is 0 Å². The lowest BCUT2D eigenvalue weighted by molar-refractivity contribution is 0.0663. The van der Waals surface area contributed by atoms with E-state index in [2.05, 4.69) is 11.4 Å². The molecule has 0 saturated heterocycles. The van der Waals surface area contributed by atoms with Crippen molar-refractivity contribution >= 4 is 5.91 Å². The van der Waals surface area contributed by atoms with Crippen LogP contribution in [0.25, 0.3) is 0 Å². The molecule has 0 aromatic heterocycles. The molecule has 0 bridgehead atoms. The number of carbonyl (C=O) groups excluding carboxylic acids is 1. The summed E-state index contributed by atoms with van der Waals surface area (Å²) in [5, 5.41) is 12.8. The average molecular weight is 261 g/mol. The highest BCUT2D eigenvalue weighted by molar-refractivity contribution is 5.94. The second-order valence-corrected chi connectivity index (χ2v) is 5.70. The van der Waals surface area contributed by atoms with Crippen LogP contribution in [0.15, 0.2) is 18.2 Å². The summed E-state index contributed by atoms with van der Waals surface area (Å²) in [7, 11) is 0. The van der Waals surface area contributed by atoms with Gasteiger partial charge < -0.3 is 10.4 Å². The number of rotatable bonds is 3. The Hall–Kier alpha value is -1.35. The zero-order chi connectivity index (χ0) is 13.8. The Morgan fingerprint density at radius 1 is 1.21 bits per heavy atom. The van der Waals surface area contributed by atoms with Crippen molar-refractivity contribution in [2.75, 3.05) is 6.54 Å². The van der Waals surface area contributed by atoms with E-state index in [1.807, 2.05) is 26.0 Å². The first-order valence-corrected chi connectivity index (χ1v) is 7.11. The zero-order valence-electron chi connectivity index (χ0n) is 11.8. The van der Waals surface area contributed by atoms with Gasteiger partial charge in [-0.1, -0.05) is 30.0 Å². The van der Waals surface area contributed by atoms with Crippen LogP contribution in [-0.2, 0) is 0 Å². The number of benzene rings is 1. The second-order valence-electron chi connectivity index (χ2n) is 5.70. The van der Waals surface area contributed by atoms with E-state index >= 15 is 0 Å². The van der Waals surface area contributed by atoms with Gasteiger partial charge in [0.05, 0.1) is 6.10 Å². The maximum absolute atomic E-state index is 12.1. The smallest absolute Gasteiger partial charge is 0.251 e. The molecule has 1 amide bonds. The maximum atomic E-state index is 12.1. The number of hydrogen-bond acceptors (Lipinski definition) is 2. The van der Waals surface area contributed by atoms with Gasteiger partial charge in [0.25, 0.3) is 5.91 Å². The number of aryl methyl sites for hydroxylation is 2. The quantitative estimate of drug-likeness (QED) is 0.878. The summed E-state index contributed by atoms with van der Waals surface area (Å²) in [6, 6.07) is 5.86. The first-order valence-electron chi connectivity index (χ1n) is 7.11. The molecule has 1 aliphatic carbocycles. The van der Waals surface area contributed by atoms with E-state index < -0.39 is 0 Å². The van der Waals surface area contributed by atoms with Gasteiger partial charge in [0, 0.05) is 18.0 Å². The summed E-state index contributed by atoms with van der Waals surface area (Å²) in [6.45, 7) is 4.57. The number of carbonyl (C=O) groups is 1. The summed E-state index contributed by atoms with van der Waals surface area (Å²) in [4.78, 5) is 12.1. The minimum absolute atomic E-state index is 0.0374. The van der Waals surface area contributed by atoms with Gasteiger partial charge in [-0.05, 0) is 38.8 Å². The zero-order valence-corrected chi connectivity index (χ0v) is 11.8. The van der Waals surface area contributed by atoms with Crippen LogP contribution in [0.2, 0.25) is 0 Å². The fraction of sp³-hybridized carbons (Fsp3) is 0.562. The van der Waals surface area contributed by atoms with Crippen LogP contribution in [0.1, 0.15) is 47.2 Å². The van der Waals surface area contributed by atoms with E-state index in [0.717, 1.165) is 36.8 Å². The van der Waals surface area contributed by atoms with E-state index in [1.54, 1.807) is 0 Å². The molecule has 1 aliphatic rings.